The molecule has 2 rings (SSSR count). The van der Waals surface area contributed by atoms with Gasteiger partial charge in [-0.1, -0.05) is 18.5 Å². The van der Waals surface area contributed by atoms with Gasteiger partial charge in [0.15, 0.2) is 5.78 Å². The topological polar surface area (TPSA) is 79.8 Å². The second-order valence-electron chi connectivity index (χ2n) is 4.55. The van der Waals surface area contributed by atoms with Gasteiger partial charge in [-0.2, -0.15) is 5.10 Å². The number of nitrogens with zero attached hydrogens (tertiary/aromatic N) is 1. The van der Waals surface area contributed by atoms with Crippen molar-refractivity contribution in [3.63, 3.8) is 0 Å². The van der Waals surface area contributed by atoms with E-state index in [4.69, 9.17) is 16.3 Å². The van der Waals surface area contributed by atoms with Crippen LogP contribution in [0.1, 0.15) is 19.8 Å². The highest BCUT2D eigenvalue weighted by Crippen LogP contribution is 2.28. The molecular formula is C14H16ClN3O3. The van der Waals surface area contributed by atoms with E-state index in [2.05, 4.69) is 15.8 Å². The van der Waals surface area contributed by atoms with Crippen LogP contribution in [0.2, 0.25) is 5.02 Å². The van der Waals surface area contributed by atoms with Crippen LogP contribution in [0.5, 0.6) is 5.75 Å². The predicted molar refractivity (Wildman–Crippen MR) is 80.9 cm³/mol. The highest BCUT2D eigenvalue weighted by molar-refractivity contribution is 6.40. The van der Waals surface area contributed by atoms with Crippen LogP contribution in [-0.4, -0.2) is 30.6 Å². The standard InChI is InChI=1S/C14H16ClN3O3/c1-3-12(19)9-7-11(18-17-9)14(20)16-10-6-8(15)4-5-13(10)21-2/h4-6,11,18H,3,7H2,1-2H3,(H,16,20). The maximum absolute atomic E-state index is 12.2. The maximum atomic E-state index is 12.2. The second-order valence-corrected chi connectivity index (χ2v) is 4.99. The van der Waals surface area contributed by atoms with Crippen LogP contribution in [-0.2, 0) is 9.59 Å². The Morgan fingerprint density at radius 1 is 1.52 bits per heavy atom. The number of methoxy groups -OCH3 is 1. The fourth-order valence-electron chi connectivity index (χ4n) is 1.97. The van der Waals surface area contributed by atoms with E-state index >= 15 is 0 Å². The molecule has 0 saturated heterocycles. The molecule has 112 valence electrons. The number of rotatable bonds is 5. The Bertz CT molecular complexity index is 601. The molecule has 1 aliphatic rings. The first-order chi connectivity index (χ1) is 10.0. The van der Waals surface area contributed by atoms with Gasteiger partial charge in [-0.05, 0) is 18.2 Å². The summed E-state index contributed by atoms with van der Waals surface area (Å²) in [5.41, 5.74) is 3.55. The molecule has 1 aromatic rings. The number of hydrazone groups is 1. The van der Waals surface area contributed by atoms with Gasteiger partial charge in [0.05, 0.1) is 12.8 Å². The molecule has 1 aliphatic heterocycles. The van der Waals surface area contributed by atoms with Gasteiger partial charge in [0.1, 0.15) is 17.5 Å². The molecule has 1 aromatic carbocycles. The number of halogens is 1. The van der Waals surface area contributed by atoms with Gasteiger partial charge in [-0.15, -0.1) is 0 Å². The minimum Gasteiger partial charge on any atom is -0.495 e. The van der Waals surface area contributed by atoms with Crippen molar-refractivity contribution >= 4 is 34.7 Å². The molecule has 1 unspecified atom stereocenters. The van der Waals surface area contributed by atoms with E-state index in [1.165, 1.54) is 7.11 Å². The summed E-state index contributed by atoms with van der Waals surface area (Å²) in [6.45, 7) is 1.76. The zero-order valence-corrected chi connectivity index (χ0v) is 12.5. The van der Waals surface area contributed by atoms with Crippen molar-refractivity contribution in [1.29, 1.82) is 0 Å². The fourth-order valence-corrected chi connectivity index (χ4v) is 2.14. The Kier molecular flexibility index (Phi) is 4.80. The number of hydrogen-bond acceptors (Lipinski definition) is 5. The number of ether oxygens (including phenoxy) is 1. The summed E-state index contributed by atoms with van der Waals surface area (Å²) in [4.78, 5) is 23.7. The van der Waals surface area contributed by atoms with Crippen molar-refractivity contribution in [2.24, 2.45) is 5.10 Å². The number of nitrogens with one attached hydrogen (secondary N) is 2. The van der Waals surface area contributed by atoms with Crippen molar-refractivity contribution in [2.45, 2.75) is 25.8 Å². The van der Waals surface area contributed by atoms with Gasteiger partial charge in [-0.3, -0.25) is 15.0 Å². The lowest BCUT2D eigenvalue weighted by molar-refractivity contribution is -0.117. The monoisotopic (exact) mass is 309 g/mol. The van der Waals surface area contributed by atoms with Crippen molar-refractivity contribution in [3.8, 4) is 5.75 Å². The molecule has 1 heterocycles. The van der Waals surface area contributed by atoms with Gasteiger partial charge in [0.25, 0.3) is 0 Å². The number of carbonyl (C=O) groups is 2. The van der Waals surface area contributed by atoms with Crippen LogP contribution in [0.15, 0.2) is 23.3 Å². The normalized spacial score (nSPS) is 16.9. The van der Waals surface area contributed by atoms with Gasteiger partial charge < -0.3 is 10.1 Å². The largest absolute Gasteiger partial charge is 0.495 e. The molecule has 1 amide bonds. The molecule has 1 atom stereocenters. The summed E-state index contributed by atoms with van der Waals surface area (Å²) >= 11 is 5.91. The highest BCUT2D eigenvalue weighted by Gasteiger charge is 2.28. The number of anilines is 1. The minimum absolute atomic E-state index is 0.0573. The minimum atomic E-state index is -0.570. The van der Waals surface area contributed by atoms with Crippen LogP contribution < -0.4 is 15.5 Å². The van der Waals surface area contributed by atoms with Gasteiger partial charge in [0, 0.05) is 17.9 Å². The average Bonchev–Trinajstić information content (AvgIpc) is 2.96. The van der Waals surface area contributed by atoms with E-state index in [9.17, 15) is 9.59 Å². The molecule has 0 aromatic heterocycles. The highest BCUT2D eigenvalue weighted by atomic mass is 35.5. The lowest BCUT2D eigenvalue weighted by Gasteiger charge is -2.13. The second kappa shape index (κ2) is 6.58. The lowest BCUT2D eigenvalue weighted by Crippen LogP contribution is -2.35. The Hall–Kier alpha value is -2.08. The average molecular weight is 310 g/mol. The van der Waals surface area contributed by atoms with Crippen molar-refractivity contribution < 1.29 is 14.3 Å². The van der Waals surface area contributed by atoms with E-state index in [0.29, 0.717) is 28.6 Å². The summed E-state index contributed by atoms with van der Waals surface area (Å²) in [6.07, 6.45) is 0.651. The van der Waals surface area contributed by atoms with Crippen molar-refractivity contribution in [3.05, 3.63) is 23.2 Å². The summed E-state index contributed by atoms with van der Waals surface area (Å²) < 4.78 is 5.16. The van der Waals surface area contributed by atoms with Gasteiger partial charge in [-0.25, -0.2) is 0 Å². The molecule has 0 saturated carbocycles. The van der Waals surface area contributed by atoms with Crippen LogP contribution in [0.25, 0.3) is 0 Å². The van der Waals surface area contributed by atoms with Crippen molar-refractivity contribution in [2.75, 3.05) is 12.4 Å². The molecule has 2 N–H and O–H groups in total. The van der Waals surface area contributed by atoms with E-state index in [1.54, 1.807) is 25.1 Å². The Balaban J connectivity index is 2.04. The maximum Gasteiger partial charge on any atom is 0.249 e. The summed E-state index contributed by atoms with van der Waals surface area (Å²) in [5, 5.41) is 7.13. The SMILES string of the molecule is CCC(=O)C1=NNC(C(=O)Nc2cc(Cl)ccc2OC)C1. The van der Waals surface area contributed by atoms with Crippen molar-refractivity contribution in [1.82, 2.24) is 5.43 Å². The molecule has 7 heteroatoms. The molecule has 0 bridgehead atoms. The first-order valence-corrected chi connectivity index (χ1v) is 6.92. The molecule has 0 spiro atoms. The molecular weight excluding hydrogens is 294 g/mol. The van der Waals surface area contributed by atoms with E-state index in [0.717, 1.165) is 0 Å². The van der Waals surface area contributed by atoms with Crippen LogP contribution >= 0.6 is 11.6 Å². The third kappa shape index (κ3) is 3.52. The van der Waals surface area contributed by atoms with Gasteiger partial charge >= 0.3 is 0 Å². The third-order valence-electron chi connectivity index (χ3n) is 3.13. The summed E-state index contributed by atoms with van der Waals surface area (Å²) in [6, 6.07) is 4.37. The quantitative estimate of drug-likeness (QED) is 0.871. The number of benzene rings is 1. The third-order valence-corrected chi connectivity index (χ3v) is 3.37. The van der Waals surface area contributed by atoms with Crippen LogP contribution in [0.3, 0.4) is 0 Å². The predicted octanol–water partition coefficient (Wildman–Crippen LogP) is 1.98. The number of hydrogen-bond donors (Lipinski definition) is 2. The zero-order chi connectivity index (χ0) is 15.4. The Labute approximate surface area is 127 Å². The summed E-state index contributed by atoms with van der Waals surface area (Å²) in [7, 11) is 1.51. The van der Waals surface area contributed by atoms with E-state index in [-0.39, 0.29) is 18.1 Å². The van der Waals surface area contributed by atoms with Gasteiger partial charge in [0.2, 0.25) is 5.91 Å². The summed E-state index contributed by atoms with van der Waals surface area (Å²) in [5.74, 6) is 0.160. The van der Waals surface area contributed by atoms with Crippen LogP contribution in [0, 0.1) is 0 Å². The molecule has 6 nitrogen and oxygen atoms in total. The smallest absolute Gasteiger partial charge is 0.249 e. The number of ketones is 1. The Morgan fingerprint density at radius 2 is 2.29 bits per heavy atom. The Morgan fingerprint density at radius 3 is 2.95 bits per heavy atom. The van der Waals surface area contributed by atoms with Crippen LogP contribution in [0.4, 0.5) is 5.69 Å². The fraction of sp³-hybridized carbons (Fsp3) is 0.357. The number of carbonyl (C=O) groups excluding carboxylic acids is 2. The van der Waals surface area contributed by atoms with E-state index in [1.807, 2.05) is 0 Å². The first-order valence-electron chi connectivity index (χ1n) is 6.54. The molecule has 0 radical (unpaired) electrons. The van der Waals surface area contributed by atoms with E-state index < -0.39 is 6.04 Å². The lowest BCUT2D eigenvalue weighted by atomic mass is 10.1. The molecule has 0 fully saturated rings. The zero-order valence-electron chi connectivity index (χ0n) is 11.8. The number of amides is 1. The molecule has 0 aliphatic carbocycles. The first kappa shape index (κ1) is 15.3. The molecule has 21 heavy (non-hydrogen) atoms. The number of Topliss-reactive ketones (excluding diaryl/α,β-unsaturated/α-hetero) is 1.